The fraction of sp³-hybridized carbons (Fsp3) is 0.381. The lowest BCUT2D eigenvalue weighted by atomic mass is 10.1. The van der Waals surface area contributed by atoms with Crippen molar-refractivity contribution in [3.05, 3.63) is 47.8 Å². The Morgan fingerprint density at radius 3 is 2.43 bits per heavy atom. The number of carbonyl (C=O) groups is 1. The summed E-state index contributed by atoms with van der Waals surface area (Å²) >= 11 is 0. The van der Waals surface area contributed by atoms with Gasteiger partial charge >= 0.3 is 0 Å². The van der Waals surface area contributed by atoms with Crippen LogP contribution in [0.3, 0.4) is 0 Å². The van der Waals surface area contributed by atoms with Gasteiger partial charge in [0.2, 0.25) is 5.75 Å². The second kappa shape index (κ2) is 8.82. The van der Waals surface area contributed by atoms with Gasteiger partial charge in [0, 0.05) is 25.3 Å². The molecule has 0 bridgehead atoms. The number of nitrogens with one attached hydrogen (secondary N) is 1. The van der Waals surface area contributed by atoms with Gasteiger partial charge in [-0.25, -0.2) is 4.39 Å². The van der Waals surface area contributed by atoms with Gasteiger partial charge in [0.15, 0.2) is 11.5 Å². The molecule has 1 unspecified atom stereocenters. The highest BCUT2D eigenvalue weighted by Gasteiger charge is 2.25. The summed E-state index contributed by atoms with van der Waals surface area (Å²) in [6.07, 6.45) is 0.959. The van der Waals surface area contributed by atoms with Crippen molar-refractivity contribution < 1.29 is 23.4 Å². The van der Waals surface area contributed by atoms with Gasteiger partial charge in [-0.2, -0.15) is 0 Å². The number of rotatable bonds is 7. The first kappa shape index (κ1) is 19.8. The lowest BCUT2D eigenvalue weighted by Crippen LogP contribution is -2.31. The average Bonchev–Trinajstić information content (AvgIpc) is 3.20. The summed E-state index contributed by atoms with van der Waals surface area (Å²) in [5, 5.41) is 2.98. The Hall–Kier alpha value is -2.96. The van der Waals surface area contributed by atoms with Gasteiger partial charge in [-0.15, -0.1) is 0 Å². The molecule has 1 saturated heterocycles. The van der Waals surface area contributed by atoms with E-state index in [4.69, 9.17) is 14.2 Å². The fourth-order valence-electron chi connectivity index (χ4n) is 3.50. The third-order valence-electron chi connectivity index (χ3n) is 4.98. The zero-order valence-electron chi connectivity index (χ0n) is 16.3. The molecule has 0 spiro atoms. The van der Waals surface area contributed by atoms with Gasteiger partial charge in [-0.1, -0.05) is 0 Å². The standard InChI is InChI=1S/C21H25FN2O4/c1-26-18-9-8-17(19(27-2)20(18)28-3)21(25)23-12-14-10-11-24(13-14)16-6-4-15(22)5-7-16/h4-9,14H,10-13H2,1-3H3,(H,23,25). The van der Waals surface area contributed by atoms with E-state index in [0.717, 1.165) is 25.2 Å². The monoisotopic (exact) mass is 388 g/mol. The van der Waals surface area contributed by atoms with E-state index in [-0.39, 0.29) is 11.7 Å². The van der Waals surface area contributed by atoms with E-state index < -0.39 is 0 Å². The predicted molar refractivity (Wildman–Crippen MR) is 105 cm³/mol. The SMILES string of the molecule is COc1ccc(C(=O)NCC2CCN(c3ccc(F)cc3)C2)c(OC)c1OC. The van der Waals surface area contributed by atoms with E-state index in [1.54, 1.807) is 24.3 Å². The van der Waals surface area contributed by atoms with Crippen LogP contribution in [-0.2, 0) is 0 Å². The van der Waals surface area contributed by atoms with Crippen LogP contribution in [0.15, 0.2) is 36.4 Å². The van der Waals surface area contributed by atoms with Crippen LogP contribution in [0.4, 0.5) is 10.1 Å². The molecule has 28 heavy (non-hydrogen) atoms. The molecule has 1 N–H and O–H groups in total. The number of halogens is 1. The van der Waals surface area contributed by atoms with E-state index in [0.29, 0.717) is 35.3 Å². The van der Waals surface area contributed by atoms with Crippen LogP contribution in [0.5, 0.6) is 17.2 Å². The average molecular weight is 388 g/mol. The van der Waals surface area contributed by atoms with Crippen molar-refractivity contribution in [1.82, 2.24) is 5.32 Å². The minimum Gasteiger partial charge on any atom is -0.493 e. The van der Waals surface area contributed by atoms with Crippen molar-refractivity contribution >= 4 is 11.6 Å². The van der Waals surface area contributed by atoms with Crippen molar-refractivity contribution in [2.24, 2.45) is 5.92 Å². The number of benzene rings is 2. The molecule has 2 aromatic carbocycles. The van der Waals surface area contributed by atoms with Gasteiger partial charge < -0.3 is 24.4 Å². The molecular weight excluding hydrogens is 363 g/mol. The van der Waals surface area contributed by atoms with Crippen molar-refractivity contribution in [2.75, 3.05) is 45.9 Å². The Kier molecular flexibility index (Phi) is 6.23. The third kappa shape index (κ3) is 4.13. The molecule has 1 aliphatic rings. The van der Waals surface area contributed by atoms with Crippen LogP contribution in [0, 0.1) is 11.7 Å². The van der Waals surface area contributed by atoms with E-state index in [9.17, 15) is 9.18 Å². The van der Waals surface area contributed by atoms with E-state index in [1.165, 1.54) is 33.5 Å². The zero-order valence-corrected chi connectivity index (χ0v) is 16.3. The Bertz CT molecular complexity index is 826. The van der Waals surface area contributed by atoms with Crippen LogP contribution >= 0.6 is 0 Å². The highest BCUT2D eigenvalue weighted by atomic mass is 19.1. The van der Waals surface area contributed by atoms with Crippen molar-refractivity contribution in [1.29, 1.82) is 0 Å². The van der Waals surface area contributed by atoms with Crippen molar-refractivity contribution in [2.45, 2.75) is 6.42 Å². The van der Waals surface area contributed by atoms with Crippen LogP contribution in [0.2, 0.25) is 0 Å². The second-order valence-corrected chi connectivity index (χ2v) is 6.67. The fourth-order valence-corrected chi connectivity index (χ4v) is 3.50. The topological polar surface area (TPSA) is 60.0 Å². The van der Waals surface area contributed by atoms with E-state index >= 15 is 0 Å². The largest absolute Gasteiger partial charge is 0.493 e. The van der Waals surface area contributed by atoms with Gasteiger partial charge in [-0.3, -0.25) is 4.79 Å². The maximum atomic E-state index is 13.1. The molecule has 1 heterocycles. The minimum absolute atomic E-state index is 0.224. The molecule has 0 radical (unpaired) electrons. The summed E-state index contributed by atoms with van der Waals surface area (Å²) < 4.78 is 29.1. The molecule has 3 rings (SSSR count). The Morgan fingerprint density at radius 1 is 1.07 bits per heavy atom. The summed E-state index contributed by atoms with van der Waals surface area (Å²) in [5.74, 6) is 1.09. The van der Waals surface area contributed by atoms with Crippen molar-refractivity contribution in [3.8, 4) is 17.2 Å². The molecule has 2 aromatic rings. The van der Waals surface area contributed by atoms with Gasteiger partial charge in [0.1, 0.15) is 5.82 Å². The number of hydrogen-bond donors (Lipinski definition) is 1. The van der Waals surface area contributed by atoms with Crippen molar-refractivity contribution in [3.63, 3.8) is 0 Å². The molecule has 6 nitrogen and oxygen atoms in total. The number of ether oxygens (including phenoxy) is 3. The number of hydrogen-bond acceptors (Lipinski definition) is 5. The molecule has 0 aromatic heterocycles. The van der Waals surface area contributed by atoms with Crippen LogP contribution in [-0.4, -0.2) is 46.9 Å². The first-order valence-electron chi connectivity index (χ1n) is 9.15. The number of anilines is 1. The number of carbonyl (C=O) groups excluding carboxylic acids is 1. The van der Waals surface area contributed by atoms with Crippen LogP contribution in [0.1, 0.15) is 16.8 Å². The van der Waals surface area contributed by atoms with Gasteiger partial charge in [0.25, 0.3) is 5.91 Å². The number of methoxy groups -OCH3 is 3. The lowest BCUT2D eigenvalue weighted by Gasteiger charge is -2.19. The van der Waals surface area contributed by atoms with E-state index in [2.05, 4.69) is 10.2 Å². The molecule has 1 atom stereocenters. The van der Waals surface area contributed by atoms with E-state index in [1.807, 2.05) is 0 Å². The van der Waals surface area contributed by atoms with Crippen LogP contribution in [0.25, 0.3) is 0 Å². The smallest absolute Gasteiger partial charge is 0.255 e. The molecular formula is C21H25FN2O4. The molecule has 7 heteroatoms. The second-order valence-electron chi connectivity index (χ2n) is 6.67. The quantitative estimate of drug-likeness (QED) is 0.790. The normalized spacial score (nSPS) is 16.0. The lowest BCUT2D eigenvalue weighted by molar-refractivity contribution is 0.0944. The van der Waals surface area contributed by atoms with Crippen LogP contribution < -0.4 is 24.4 Å². The van der Waals surface area contributed by atoms with Gasteiger partial charge in [0.05, 0.1) is 26.9 Å². The number of nitrogens with zero attached hydrogens (tertiary/aromatic N) is 1. The summed E-state index contributed by atoms with van der Waals surface area (Å²) in [7, 11) is 4.53. The molecule has 1 amide bonds. The molecule has 0 aliphatic carbocycles. The number of amides is 1. The maximum Gasteiger partial charge on any atom is 0.255 e. The molecule has 1 fully saturated rings. The Balaban J connectivity index is 1.62. The minimum atomic E-state index is -0.240. The highest BCUT2D eigenvalue weighted by molar-refractivity contribution is 5.98. The first-order chi connectivity index (χ1) is 13.6. The van der Waals surface area contributed by atoms with Gasteiger partial charge in [-0.05, 0) is 48.7 Å². The zero-order chi connectivity index (χ0) is 20.1. The molecule has 150 valence electrons. The molecule has 1 aliphatic heterocycles. The molecule has 0 saturated carbocycles. The summed E-state index contributed by atoms with van der Waals surface area (Å²) in [4.78, 5) is 14.9. The summed E-state index contributed by atoms with van der Waals surface area (Å²) in [5.41, 5.74) is 1.39. The Labute approximate surface area is 164 Å². The Morgan fingerprint density at radius 2 is 1.79 bits per heavy atom. The maximum absolute atomic E-state index is 13.1. The first-order valence-corrected chi connectivity index (χ1v) is 9.15. The summed E-state index contributed by atoms with van der Waals surface area (Å²) in [6.45, 7) is 2.24. The predicted octanol–water partition coefficient (Wildman–Crippen LogP) is 3.11. The summed E-state index contributed by atoms with van der Waals surface area (Å²) in [6, 6.07) is 9.84. The highest BCUT2D eigenvalue weighted by Crippen LogP contribution is 2.39. The third-order valence-corrected chi connectivity index (χ3v) is 4.98.